The van der Waals surface area contributed by atoms with Gasteiger partial charge in [-0.3, -0.25) is 9.69 Å². The van der Waals surface area contributed by atoms with Crippen molar-refractivity contribution in [3.63, 3.8) is 0 Å². The molecule has 0 radical (unpaired) electrons. The zero-order chi connectivity index (χ0) is 17.7. The van der Waals surface area contributed by atoms with Crippen molar-refractivity contribution in [2.75, 3.05) is 19.6 Å². The van der Waals surface area contributed by atoms with Crippen LogP contribution >= 0.6 is 0 Å². The molecule has 1 aromatic heterocycles. The van der Waals surface area contributed by atoms with E-state index in [-0.39, 0.29) is 11.4 Å². The van der Waals surface area contributed by atoms with Crippen molar-refractivity contribution in [2.24, 2.45) is 0 Å². The second kappa shape index (κ2) is 7.92. The van der Waals surface area contributed by atoms with Gasteiger partial charge in [-0.25, -0.2) is 9.97 Å². The van der Waals surface area contributed by atoms with Crippen molar-refractivity contribution >= 4 is 5.91 Å². The third-order valence-corrected chi connectivity index (χ3v) is 4.25. The third-order valence-electron chi connectivity index (χ3n) is 4.25. The van der Waals surface area contributed by atoms with Crippen LogP contribution in [0.3, 0.4) is 0 Å². The number of aromatic nitrogens is 2. The molecule has 1 unspecified atom stereocenters. The van der Waals surface area contributed by atoms with Gasteiger partial charge in [-0.2, -0.15) is 13.2 Å². The monoisotopic (exact) mass is 344 g/mol. The SMILES string of the molecule is CCC1CCCCN1CCNC(=O)c1cc(C)nc(C(F)(F)F)n1. The van der Waals surface area contributed by atoms with Crippen molar-refractivity contribution in [2.45, 2.75) is 51.7 Å². The maximum atomic E-state index is 12.7. The van der Waals surface area contributed by atoms with E-state index in [0.29, 0.717) is 19.1 Å². The molecule has 1 aromatic rings. The van der Waals surface area contributed by atoms with Crippen molar-refractivity contribution in [1.29, 1.82) is 0 Å². The molecule has 0 spiro atoms. The smallest absolute Gasteiger partial charge is 0.349 e. The molecule has 0 bridgehead atoms. The highest BCUT2D eigenvalue weighted by molar-refractivity contribution is 5.92. The Morgan fingerprint density at radius 2 is 2.12 bits per heavy atom. The molecule has 8 heteroatoms. The first kappa shape index (κ1) is 18.6. The molecule has 1 saturated heterocycles. The minimum atomic E-state index is -4.66. The maximum Gasteiger partial charge on any atom is 0.451 e. The molecule has 0 aliphatic carbocycles. The minimum absolute atomic E-state index is 0.115. The van der Waals surface area contributed by atoms with Crippen molar-refractivity contribution in [3.8, 4) is 0 Å². The third kappa shape index (κ3) is 4.90. The first-order chi connectivity index (χ1) is 11.3. The number of piperidine rings is 1. The van der Waals surface area contributed by atoms with E-state index in [4.69, 9.17) is 0 Å². The highest BCUT2D eigenvalue weighted by Gasteiger charge is 2.35. The molecule has 1 amide bonds. The van der Waals surface area contributed by atoms with Gasteiger partial charge >= 0.3 is 6.18 Å². The maximum absolute atomic E-state index is 12.7. The van der Waals surface area contributed by atoms with E-state index in [0.717, 1.165) is 25.8 Å². The lowest BCUT2D eigenvalue weighted by molar-refractivity contribution is -0.145. The Balaban J connectivity index is 1.94. The number of halogens is 3. The average molecular weight is 344 g/mol. The molecule has 1 N–H and O–H groups in total. The lowest BCUT2D eigenvalue weighted by Gasteiger charge is -2.35. The van der Waals surface area contributed by atoms with Crippen LogP contribution in [0.4, 0.5) is 13.2 Å². The Hall–Kier alpha value is -1.70. The molecule has 1 aliphatic rings. The number of carbonyl (C=O) groups is 1. The summed E-state index contributed by atoms with van der Waals surface area (Å²) in [5, 5.41) is 2.66. The standard InChI is InChI=1S/C16H23F3N4O/c1-3-12-6-4-5-8-23(12)9-7-20-14(24)13-10-11(2)21-15(22-13)16(17,18)19/h10,12H,3-9H2,1-2H3,(H,20,24). The van der Waals surface area contributed by atoms with Gasteiger partial charge < -0.3 is 5.32 Å². The van der Waals surface area contributed by atoms with Crippen molar-refractivity contribution < 1.29 is 18.0 Å². The van der Waals surface area contributed by atoms with Crippen LogP contribution < -0.4 is 5.32 Å². The number of aryl methyl sites for hydroxylation is 1. The number of nitrogens with one attached hydrogen (secondary N) is 1. The van der Waals surface area contributed by atoms with Gasteiger partial charge in [0.25, 0.3) is 5.91 Å². The molecule has 0 saturated carbocycles. The van der Waals surface area contributed by atoms with Crippen LogP contribution in [0.2, 0.25) is 0 Å². The highest BCUT2D eigenvalue weighted by Crippen LogP contribution is 2.26. The number of hydrogen-bond donors (Lipinski definition) is 1. The number of rotatable bonds is 5. The largest absolute Gasteiger partial charge is 0.451 e. The van der Waals surface area contributed by atoms with Gasteiger partial charge in [0, 0.05) is 24.8 Å². The molecule has 5 nitrogen and oxygen atoms in total. The van der Waals surface area contributed by atoms with Crippen LogP contribution in [-0.4, -0.2) is 46.5 Å². The van der Waals surface area contributed by atoms with Crippen molar-refractivity contribution in [3.05, 3.63) is 23.3 Å². The summed E-state index contributed by atoms with van der Waals surface area (Å²) >= 11 is 0. The summed E-state index contributed by atoms with van der Waals surface area (Å²) in [4.78, 5) is 21.1. The van der Waals surface area contributed by atoms with E-state index in [1.165, 1.54) is 19.4 Å². The molecule has 1 atom stereocenters. The first-order valence-electron chi connectivity index (χ1n) is 8.26. The Morgan fingerprint density at radius 3 is 2.79 bits per heavy atom. The molecule has 0 aromatic carbocycles. The van der Waals surface area contributed by atoms with Gasteiger partial charge in [0.2, 0.25) is 5.82 Å². The van der Waals surface area contributed by atoms with Crippen molar-refractivity contribution in [1.82, 2.24) is 20.2 Å². The molecule has 2 heterocycles. The Bertz CT molecular complexity index is 577. The summed E-state index contributed by atoms with van der Waals surface area (Å²) in [6.07, 6.45) is -0.0754. The fourth-order valence-electron chi connectivity index (χ4n) is 3.03. The lowest BCUT2D eigenvalue weighted by atomic mass is 10.0. The molecule has 134 valence electrons. The molecular weight excluding hydrogens is 321 g/mol. The molecule has 2 rings (SSSR count). The summed E-state index contributed by atoms with van der Waals surface area (Å²) in [6, 6.07) is 1.79. The van der Waals surface area contributed by atoms with Crippen LogP contribution in [0.25, 0.3) is 0 Å². The fraction of sp³-hybridized carbons (Fsp3) is 0.688. The zero-order valence-corrected chi connectivity index (χ0v) is 14.0. The quantitative estimate of drug-likeness (QED) is 0.892. The number of amides is 1. The Morgan fingerprint density at radius 1 is 1.38 bits per heavy atom. The number of nitrogens with zero attached hydrogens (tertiary/aromatic N) is 3. The van der Waals surface area contributed by atoms with E-state index in [9.17, 15) is 18.0 Å². The molecular formula is C16H23F3N4O. The van der Waals surface area contributed by atoms with Gasteiger partial charge in [-0.15, -0.1) is 0 Å². The zero-order valence-electron chi connectivity index (χ0n) is 14.0. The normalized spacial score (nSPS) is 19.3. The van der Waals surface area contributed by atoms with E-state index in [1.807, 2.05) is 0 Å². The summed E-state index contributed by atoms with van der Waals surface area (Å²) in [5.41, 5.74) is -0.134. The van der Waals surface area contributed by atoms with Crippen LogP contribution in [0.15, 0.2) is 6.07 Å². The predicted molar refractivity (Wildman–Crippen MR) is 83.6 cm³/mol. The first-order valence-corrected chi connectivity index (χ1v) is 8.26. The molecule has 24 heavy (non-hydrogen) atoms. The van der Waals surface area contributed by atoms with E-state index < -0.39 is 17.9 Å². The van der Waals surface area contributed by atoms with E-state index >= 15 is 0 Å². The van der Waals surface area contributed by atoms with E-state index in [1.54, 1.807) is 0 Å². The highest BCUT2D eigenvalue weighted by atomic mass is 19.4. The van der Waals surface area contributed by atoms with Crippen LogP contribution in [0.5, 0.6) is 0 Å². The Labute approximate surface area is 139 Å². The topological polar surface area (TPSA) is 58.1 Å². The summed E-state index contributed by atoms with van der Waals surface area (Å²) in [5.74, 6) is -1.88. The number of likely N-dealkylation sites (tertiary alicyclic amines) is 1. The van der Waals surface area contributed by atoms with Gasteiger partial charge in [-0.1, -0.05) is 13.3 Å². The number of hydrogen-bond acceptors (Lipinski definition) is 4. The summed E-state index contributed by atoms with van der Waals surface area (Å²) < 4.78 is 38.2. The second-order valence-electron chi connectivity index (χ2n) is 6.07. The lowest BCUT2D eigenvalue weighted by Crippen LogP contribution is -2.43. The Kier molecular flexibility index (Phi) is 6.15. The van der Waals surface area contributed by atoms with E-state index in [2.05, 4.69) is 27.1 Å². The second-order valence-corrected chi connectivity index (χ2v) is 6.07. The van der Waals surface area contributed by atoms with Gasteiger partial charge in [0.15, 0.2) is 0 Å². The predicted octanol–water partition coefficient (Wildman–Crippen LogP) is 2.80. The average Bonchev–Trinajstić information content (AvgIpc) is 2.53. The van der Waals surface area contributed by atoms with Gasteiger partial charge in [0.1, 0.15) is 5.69 Å². The summed E-state index contributed by atoms with van der Waals surface area (Å²) in [6.45, 7) is 5.64. The fourth-order valence-corrected chi connectivity index (χ4v) is 3.03. The van der Waals surface area contributed by atoms with Gasteiger partial charge in [0.05, 0.1) is 0 Å². The minimum Gasteiger partial charge on any atom is -0.349 e. The van der Waals surface area contributed by atoms with Crippen LogP contribution in [0.1, 0.15) is 54.6 Å². The molecule has 1 fully saturated rings. The van der Waals surface area contributed by atoms with Gasteiger partial charge in [-0.05, 0) is 38.8 Å². The van der Waals surface area contributed by atoms with Crippen LogP contribution in [0, 0.1) is 6.92 Å². The number of alkyl halides is 3. The summed E-state index contributed by atoms with van der Waals surface area (Å²) in [7, 11) is 0. The van der Waals surface area contributed by atoms with Crippen LogP contribution in [-0.2, 0) is 6.18 Å². The molecule has 1 aliphatic heterocycles. The number of carbonyl (C=O) groups excluding carboxylic acids is 1.